The first-order chi connectivity index (χ1) is 29.8. The molecule has 0 heterocycles. The van der Waals surface area contributed by atoms with Gasteiger partial charge in [0.1, 0.15) is 6.54 Å². The molecular formula is C59H118Cl2N2. The lowest BCUT2D eigenvalue weighted by molar-refractivity contribution is -0.903. The fourth-order valence-corrected chi connectivity index (χ4v) is 9.47. The highest BCUT2D eigenvalue weighted by molar-refractivity contribution is 5.13. The van der Waals surface area contributed by atoms with Gasteiger partial charge in [0, 0.05) is 5.56 Å². The molecule has 2 nitrogen and oxygen atoms in total. The molecule has 0 fully saturated rings. The second kappa shape index (κ2) is 52.7. The maximum atomic E-state index is 2.47. The van der Waals surface area contributed by atoms with Crippen molar-refractivity contribution in [1.82, 2.24) is 0 Å². The quantitative estimate of drug-likeness (QED) is 0.0451. The first kappa shape index (κ1) is 67.0. The minimum Gasteiger partial charge on any atom is -1.00 e. The third kappa shape index (κ3) is 54.2. The maximum Gasteiger partial charge on any atom is 0.104 e. The molecule has 0 N–H and O–H groups in total. The summed E-state index contributed by atoms with van der Waals surface area (Å²) in [7, 11) is 9.66. The Bertz CT molecular complexity index is 912. The summed E-state index contributed by atoms with van der Waals surface area (Å²) in [5, 5.41) is 0. The lowest BCUT2D eigenvalue weighted by atomic mass is 10.0. The van der Waals surface area contributed by atoms with Gasteiger partial charge in [0.25, 0.3) is 0 Å². The van der Waals surface area contributed by atoms with Crippen LogP contribution in [-0.2, 0) is 6.54 Å². The zero-order valence-corrected chi connectivity index (χ0v) is 46.1. The third-order valence-corrected chi connectivity index (χ3v) is 13.8. The summed E-state index contributed by atoms with van der Waals surface area (Å²) in [6, 6.07) is 10.9. The van der Waals surface area contributed by atoms with Crippen LogP contribution in [0.1, 0.15) is 296 Å². The van der Waals surface area contributed by atoms with Crippen molar-refractivity contribution >= 4 is 0 Å². The predicted octanol–water partition coefficient (Wildman–Crippen LogP) is 13.8. The molecule has 0 aromatic heterocycles. The maximum absolute atomic E-state index is 2.47. The molecule has 0 amide bonds. The van der Waals surface area contributed by atoms with E-state index in [4.69, 9.17) is 0 Å². The highest BCUT2D eigenvalue weighted by Gasteiger charge is 2.15. The molecule has 0 bridgehead atoms. The molecule has 0 saturated heterocycles. The van der Waals surface area contributed by atoms with Gasteiger partial charge in [-0.15, -0.1) is 0 Å². The van der Waals surface area contributed by atoms with Gasteiger partial charge in [-0.2, -0.15) is 0 Å². The Hall–Kier alpha value is -0.280. The molecule has 0 atom stereocenters. The fraction of sp³-hybridized carbons (Fsp3) is 0.898. The van der Waals surface area contributed by atoms with E-state index in [9.17, 15) is 0 Å². The van der Waals surface area contributed by atoms with Gasteiger partial charge in [-0.25, -0.2) is 0 Å². The van der Waals surface area contributed by atoms with Crippen LogP contribution in [0.15, 0.2) is 30.3 Å². The summed E-state index contributed by atoms with van der Waals surface area (Å²) in [5.41, 5.74) is 1.46. The van der Waals surface area contributed by atoms with Gasteiger partial charge in [-0.3, -0.25) is 0 Å². The summed E-state index contributed by atoms with van der Waals surface area (Å²) >= 11 is 0. The molecule has 0 aliphatic heterocycles. The topological polar surface area (TPSA) is 0 Å². The van der Waals surface area contributed by atoms with Crippen LogP contribution in [-0.4, -0.2) is 56.8 Å². The lowest BCUT2D eigenvalue weighted by Gasteiger charge is -2.30. The smallest absolute Gasteiger partial charge is 0.104 e. The molecule has 0 radical (unpaired) electrons. The van der Waals surface area contributed by atoms with Crippen LogP contribution >= 0.6 is 0 Å². The molecule has 1 aromatic rings. The summed E-state index contributed by atoms with van der Waals surface area (Å²) in [6.45, 7) is 12.1. The van der Waals surface area contributed by atoms with Gasteiger partial charge >= 0.3 is 0 Å². The van der Waals surface area contributed by atoms with Crippen molar-refractivity contribution < 1.29 is 33.8 Å². The number of benzene rings is 1. The number of quaternary nitrogens is 2. The summed E-state index contributed by atoms with van der Waals surface area (Å²) < 4.78 is 2.36. The summed E-state index contributed by atoms with van der Waals surface area (Å²) in [4.78, 5) is 0. The zero-order valence-electron chi connectivity index (χ0n) is 44.6. The Labute approximate surface area is 412 Å². The van der Waals surface area contributed by atoms with E-state index < -0.39 is 0 Å². The number of rotatable bonds is 47. The molecule has 1 aromatic carbocycles. The van der Waals surface area contributed by atoms with Gasteiger partial charge in [-0.1, -0.05) is 282 Å². The van der Waals surface area contributed by atoms with Crippen molar-refractivity contribution in [3.8, 4) is 0 Å². The molecule has 1 rings (SSSR count). The summed E-state index contributed by atoms with van der Waals surface area (Å²) in [6.07, 6.45) is 61.2. The van der Waals surface area contributed by atoms with Gasteiger partial charge in [0.2, 0.25) is 0 Å². The van der Waals surface area contributed by atoms with E-state index in [-0.39, 0.29) is 24.8 Å². The Kier molecular flexibility index (Phi) is 56.0. The minimum absolute atomic E-state index is 0. The highest BCUT2D eigenvalue weighted by Crippen LogP contribution is 2.18. The van der Waals surface area contributed by atoms with Crippen molar-refractivity contribution in [2.24, 2.45) is 0 Å². The normalized spacial score (nSPS) is 11.5. The van der Waals surface area contributed by atoms with E-state index in [1.807, 2.05) is 0 Å². The fourth-order valence-electron chi connectivity index (χ4n) is 9.47. The number of hydrogen-bond donors (Lipinski definition) is 0. The SMILES string of the molecule is CCCCCCCCCCCCCCCCCC[N+](C)(C)CCCCCCCCCCCCCCCCCC.CCCCCCCCCCCC[N+](C)(C)Cc1ccccc1.[Cl-].[Cl-]. The average molecular weight is 927 g/mol. The Morgan fingerprint density at radius 1 is 0.254 bits per heavy atom. The number of hydrogen-bond acceptors (Lipinski definition) is 0. The minimum atomic E-state index is 0. The van der Waals surface area contributed by atoms with E-state index >= 15 is 0 Å². The molecule has 0 aliphatic rings. The molecule has 63 heavy (non-hydrogen) atoms. The van der Waals surface area contributed by atoms with E-state index in [0.29, 0.717) is 0 Å². The van der Waals surface area contributed by atoms with Crippen molar-refractivity contribution in [1.29, 1.82) is 0 Å². The van der Waals surface area contributed by atoms with E-state index in [1.165, 1.54) is 299 Å². The summed E-state index contributed by atoms with van der Waals surface area (Å²) in [5.74, 6) is 0. The molecule has 0 aliphatic carbocycles. The number of halogens is 2. The van der Waals surface area contributed by atoms with Crippen molar-refractivity contribution in [3.63, 3.8) is 0 Å². The van der Waals surface area contributed by atoms with Crippen LogP contribution in [0.4, 0.5) is 0 Å². The zero-order chi connectivity index (χ0) is 44.6. The van der Waals surface area contributed by atoms with E-state index in [1.54, 1.807) is 0 Å². The first-order valence-corrected chi connectivity index (χ1v) is 28.4. The molecule has 0 unspecified atom stereocenters. The van der Waals surface area contributed by atoms with Crippen molar-refractivity contribution in [2.45, 2.75) is 297 Å². The van der Waals surface area contributed by atoms with Crippen LogP contribution in [0.3, 0.4) is 0 Å². The van der Waals surface area contributed by atoms with Crippen LogP contribution in [0.2, 0.25) is 0 Å². The Morgan fingerprint density at radius 2 is 0.444 bits per heavy atom. The third-order valence-electron chi connectivity index (χ3n) is 13.8. The van der Waals surface area contributed by atoms with E-state index in [2.05, 4.69) is 79.3 Å². The second-order valence-electron chi connectivity index (χ2n) is 21.5. The van der Waals surface area contributed by atoms with Crippen LogP contribution in [0, 0.1) is 0 Å². The van der Waals surface area contributed by atoms with Crippen LogP contribution < -0.4 is 24.8 Å². The van der Waals surface area contributed by atoms with Gasteiger partial charge in [0.05, 0.1) is 47.8 Å². The standard InChI is InChI=1S/C38H80N.C21H38N.2ClH/c1-5-7-9-11-13-15-17-19-21-23-25-27-29-31-33-35-37-39(3,4)38-36-34-32-30-28-26-24-22-20-18-16-14-12-10-8-6-2;1-4-5-6-7-8-9-10-11-12-16-19-22(2,3)20-21-17-14-13-15-18-21;;/h5-38H2,1-4H3;13-15,17-18H,4-12,16,19-20H2,1-3H3;2*1H/q2*+1;;/p-2. The van der Waals surface area contributed by atoms with Gasteiger partial charge in [0.15, 0.2) is 0 Å². The Morgan fingerprint density at radius 3 is 0.667 bits per heavy atom. The molecule has 378 valence electrons. The average Bonchev–Trinajstić information content (AvgIpc) is 3.24. The van der Waals surface area contributed by atoms with Crippen molar-refractivity contribution in [3.05, 3.63) is 35.9 Å². The van der Waals surface area contributed by atoms with Crippen LogP contribution in [0.25, 0.3) is 0 Å². The van der Waals surface area contributed by atoms with Crippen LogP contribution in [0.5, 0.6) is 0 Å². The molecular weight excluding hydrogens is 808 g/mol. The van der Waals surface area contributed by atoms with Gasteiger partial charge < -0.3 is 33.8 Å². The lowest BCUT2D eigenvalue weighted by Crippen LogP contribution is -3.00. The number of nitrogens with zero attached hydrogens (tertiary/aromatic N) is 2. The van der Waals surface area contributed by atoms with Crippen molar-refractivity contribution in [2.75, 3.05) is 47.8 Å². The molecule has 4 heteroatoms. The monoisotopic (exact) mass is 925 g/mol. The highest BCUT2D eigenvalue weighted by atomic mass is 35.5. The second-order valence-corrected chi connectivity index (χ2v) is 21.5. The first-order valence-electron chi connectivity index (χ1n) is 28.4. The number of unbranched alkanes of at least 4 members (excludes halogenated alkanes) is 39. The molecule has 0 spiro atoms. The van der Waals surface area contributed by atoms with Gasteiger partial charge in [-0.05, 0) is 38.5 Å². The van der Waals surface area contributed by atoms with E-state index in [0.717, 1.165) is 11.0 Å². The largest absolute Gasteiger partial charge is 1.00 e. The Balaban J connectivity index is -0.00000127. The molecule has 0 saturated carbocycles. The predicted molar refractivity (Wildman–Crippen MR) is 280 cm³/mol.